The van der Waals surface area contributed by atoms with Crippen molar-refractivity contribution in [3.8, 4) is 0 Å². The SMILES string of the molecule is Fc1ccc(N2CCCc3ccccc3C2)c(CBr)c1. The van der Waals surface area contributed by atoms with E-state index in [2.05, 4.69) is 45.1 Å². The summed E-state index contributed by atoms with van der Waals surface area (Å²) in [4.78, 5) is 2.36. The van der Waals surface area contributed by atoms with Gasteiger partial charge in [0.1, 0.15) is 5.82 Å². The number of rotatable bonds is 2. The monoisotopic (exact) mass is 333 g/mol. The maximum absolute atomic E-state index is 13.4. The molecule has 0 spiro atoms. The van der Waals surface area contributed by atoms with E-state index in [4.69, 9.17) is 0 Å². The van der Waals surface area contributed by atoms with Gasteiger partial charge < -0.3 is 4.90 Å². The molecule has 0 bridgehead atoms. The summed E-state index contributed by atoms with van der Waals surface area (Å²) in [6.07, 6.45) is 2.26. The normalized spacial score (nSPS) is 14.8. The van der Waals surface area contributed by atoms with Crippen molar-refractivity contribution in [3.05, 3.63) is 65.0 Å². The van der Waals surface area contributed by atoms with Crippen molar-refractivity contribution in [2.75, 3.05) is 11.4 Å². The Bertz CT molecular complexity index is 612. The van der Waals surface area contributed by atoms with E-state index in [0.717, 1.165) is 37.2 Å². The van der Waals surface area contributed by atoms with E-state index in [9.17, 15) is 4.39 Å². The summed E-state index contributed by atoms with van der Waals surface area (Å²) in [5.74, 6) is -0.168. The second-order valence-electron chi connectivity index (χ2n) is 5.20. The zero-order valence-corrected chi connectivity index (χ0v) is 12.9. The summed E-state index contributed by atoms with van der Waals surface area (Å²) in [7, 11) is 0. The van der Waals surface area contributed by atoms with Gasteiger partial charge in [-0.2, -0.15) is 0 Å². The van der Waals surface area contributed by atoms with E-state index >= 15 is 0 Å². The lowest BCUT2D eigenvalue weighted by atomic mass is 10.0. The van der Waals surface area contributed by atoms with Gasteiger partial charge in [0.15, 0.2) is 0 Å². The Morgan fingerprint density at radius 3 is 2.70 bits per heavy atom. The van der Waals surface area contributed by atoms with Crippen molar-refractivity contribution in [2.45, 2.75) is 24.7 Å². The van der Waals surface area contributed by atoms with Crippen molar-refractivity contribution in [3.63, 3.8) is 0 Å². The Balaban J connectivity index is 1.95. The van der Waals surface area contributed by atoms with Crippen molar-refractivity contribution in [1.29, 1.82) is 0 Å². The molecular weight excluding hydrogens is 317 g/mol. The number of benzene rings is 2. The number of fused-ring (bicyclic) bond motifs is 1. The Labute approximate surface area is 127 Å². The summed E-state index contributed by atoms with van der Waals surface area (Å²) in [6, 6.07) is 13.7. The van der Waals surface area contributed by atoms with Gasteiger partial charge in [-0.05, 0) is 47.7 Å². The second kappa shape index (κ2) is 5.96. The number of alkyl halides is 1. The Hall–Kier alpha value is -1.35. The van der Waals surface area contributed by atoms with Gasteiger partial charge in [-0.3, -0.25) is 0 Å². The first-order chi connectivity index (χ1) is 9.78. The number of hydrogen-bond donors (Lipinski definition) is 0. The summed E-state index contributed by atoms with van der Waals surface area (Å²) < 4.78 is 13.4. The maximum Gasteiger partial charge on any atom is 0.123 e. The molecule has 0 atom stereocenters. The highest BCUT2D eigenvalue weighted by atomic mass is 79.9. The lowest BCUT2D eigenvalue weighted by Crippen LogP contribution is -2.23. The van der Waals surface area contributed by atoms with Crippen LogP contribution in [-0.2, 0) is 18.3 Å². The average molecular weight is 334 g/mol. The molecular formula is C17H17BrFN. The highest BCUT2D eigenvalue weighted by Crippen LogP contribution is 2.28. The molecule has 20 heavy (non-hydrogen) atoms. The summed E-state index contributed by atoms with van der Waals surface area (Å²) in [6.45, 7) is 1.92. The third kappa shape index (κ3) is 2.73. The number of anilines is 1. The smallest absolute Gasteiger partial charge is 0.123 e. The molecule has 1 nitrogen and oxygen atoms in total. The van der Waals surface area contributed by atoms with Crippen LogP contribution in [0.25, 0.3) is 0 Å². The number of aryl methyl sites for hydroxylation is 1. The van der Waals surface area contributed by atoms with Gasteiger partial charge in [-0.25, -0.2) is 4.39 Å². The molecule has 0 fully saturated rings. The van der Waals surface area contributed by atoms with Crippen molar-refractivity contribution in [2.24, 2.45) is 0 Å². The summed E-state index contributed by atoms with van der Waals surface area (Å²) >= 11 is 3.47. The molecule has 1 heterocycles. The topological polar surface area (TPSA) is 3.24 Å². The van der Waals surface area contributed by atoms with Crippen LogP contribution in [0.15, 0.2) is 42.5 Å². The fraction of sp³-hybridized carbons (Fsp3) is 0.294. The first-order valence-corrected chi connectivity index (χ1v) is 8.06. The maximum atomic E-state index is 13.4. The molecule has 1 aliphatic heterocycles. The number of hydrogen-bond acceptors (Lipinski definition) is 1. The van der Waals surface area contributed by atoms with Gasteiger partial charge in [-0.15, -0.1) is 0 Å². The zero-order valence-electron chi connectivity index (χ0n) is 11.3. The molecule has 0 unspecified atom stereocenters. The van der Waals surface area contributed by atoms with Crippen LogP contribution in [0.2, 0.25) is 0 Å². The van der Waals surface area contributed by atoms with Crippen LogP contribution < -0.4 is 4.90 Å². The van der Waals surface area contributed by atoms with Crippen molar-refractivity contribution >= 4 is 21.6 Å². The molecule has 0 amide bonds. The van der Waals surface area contributed by atoms with Crippen LogP contribution in [0.5, 0.6) is 0 Å². The lowest BCUT2D eigenvalue weighted by molar-refractivity contribution is 0.625. The van der Waals surface area contributed by atoms with E-state index in [0.29, 0.717) is 5.33 Å². The van der Waals surface area contributed by atoms with Crippen molar-refractivity contribution < 1.29 is 4.39 Å². The third-order valence-electron chi connectivity index (χ3n) is 3.88. The Kier molecular flexibility index (Phi) is 4.06. The number of nitrogens with zero attached hydrogens (tertiary/aromatic N) is 1. The van der Waals surface area contributed by atoms with Gasteiger partial charge in [0.2, 0.25) is 0 Å². The molecule has 2 aromatic rings. The summed E-state index contributed by atoms with van der Waals surface area (Å²) in [5, 5.41) is 0.679. The average Bonchev–Trinajstić information content (AvgIpc) is 2.69. The third-order valence-corrected chi connectivity index (χ3v) is 4.48. The zero-order chi connectivity index (χ0) is 13.9. The summed E-state index contributed by atoms with van der Waals surface area (Å²) in [5.41, 5.74) is 4.98. The molecule has 104 valence electrons. The van der Waals surface area contributed by atoms with E-state index in [1.807, 2.05) is 6.07 Å². The van der Waals surface area contributed by atoms with Crippen LogP contribution in [0.1, 0.15) is 23.1 Å². The molecule has 0 radical (unpaired) electrons. The standard InChI is InChI=1S/C17H17BrFN/c18-11-15-10-16(19)7-8-17(15)20-9-3-6-13-4-1-2-5-14(13)12-20/h1-2,4-5,7-8,10H,3,6,9,11-12H2. The van der Waals surface area contributed by atoms with Gasteiger partial charge in [0.05, 0.1) is 0 Å². The molecule has 3 heteroatoms. The van der Waals surface area contributed by atoms with E-state index in [1.54, 1.807) is 12.1 Å². The first kappa shape index (κ1) is 13.6. The van der Waals surface area contributed by atoms with Gasteiger partial charge in [-0.1, -0.05) is 40.2 Å². The quantitative estimate of drug-likeness (QED) is 0.721. The fourth-order valence-electron chi connectivity index (χ4n) is 2.88. The molecule has 0 saturated carbocycles. The van der Waals surface area contributed by atoms with Crippen LogP contribution in [0.3, 0.4) is 0 Å². The molecule has 1 aliphatic rings. The minimum absolute atomic E-state index is 0.168. The minimum Gasteiger partial charge on any atom is -0.367 e. The molecule has 0 saturated heterocycles. The minimum atomic E-state index is -0.168. The Morgan fingerprint density at radius 1 is 1.10 bits per heavy atom. The molecule has 0 aromatic heterocycles. The predicted molar refractivity (Wildman–Crippen MR) is 84.8 cm³/mol. The van der Waals surface area contributed by atoms with Crippen molar-refractivity contribution in [1.82, 2.24) is 0 Å². The molecule has 0 aliphatic carbocycles. The van der Waals surface area contributed by atoms with Crippen LogP contribution >= 0.6 is 15.9 Å². The van der Waals surface area contributed by atoms with E-state index in [1.165, 1.54) is 11.1 Å². The highest BCUT2D eigenvalue weighted by molar-refractivity contribution is 9.08. The van der Waals surface area contributed by atoms with E-state index < -0.39 is 0 Å². The fourth-order valence-corrected chi connectivity index (χ4v) is 3.33. The van der Waals surface area contributed by atoms with Crippen LogP contribution in [-0.4, -0.2) is 6.54 Å². The van der Waals surface area contributed by atoms with Crippen LogP contribution in [0.4, 0.5) is 10.1 Å². The molecule has 3 rings (SSSR count). The first-order valence-electron chi connectivity index (χ1n) is 6.94. The second-order valence-corrected chi connectivity index (χ2v) is 5.76. The van der Waals surface area contributed by atoms with E-state index in [-0.39, 0.29) is 5.82 Å². The van der Waals surface area contributed by atoms with Gasteiger partial charge in [0, 0.05) is 24.1 Å². The van der Waals surface area contributed by atoms with Crippen LogP contribution in [0, 0.1) is 5.82 Å². The van der Waals surface area contributed by atoms with Gasteiger partial charge >= 0.3 is 0 Å². The highest BCUT2D eigenvalue weighted by Gasteiger charge is 2.16. The lowest BCUT2D eigenvalue weighted by Gasteiger charge is -2.25. The van der Waals surface area contributed by atoms with Gasteiger partial charge in [0.25, 0.3) is 0 Å². The number of halogens is 2. The Morgan fingerprint density at radius 2 is 1.90 bits per heavy atom. The largest absolute Gasteiger partial charge is 0.367 e. The molecule has 2 aromatic carbocycles. The molecule has 0 N–H and O–H groups in total. The predicted octanol–water partition coefficient (Wildman–Crippen LogP) is 4.67.